The molecular formula is C17H14O6. The second-order valence-corrected chi connectivity index (χ2v) is 5.71. The molecule has 3 aliphatic heterocycles. The van der Waals surface area contributed by atoms with Crippen molar-refractivity contribution >= 4 is 0 Å². The Labute approximate surface area is 132 Å². The van der Waals surface area contributed by atoms with Crippen LogP contribution in [-0.4, -0.2) is 25.6 Å². The standard InChI is InChI=1S/C17H14O6/c1-19-11-4-2-8-10-6-20-16-9(14(10)23-15(8)13(11)18)3-5-12-17(16)22-7-21-12/h2-5,10,14,18H,6-7H2,1H3/t10-,14-/m1/s1. The first-order valence-corrected chi connectivity index (χ1v) is 7.39. The Hall–Kier alpha value is -2.76. The quantitative estimate of drug-likeness (QED) is 0.873. The Morgan fingerprint density at radius 2 is 1.87 bits per heavy atom. The fourth-order valence-electron chi connectivity index (χ4n) is 3.49. The third-order valence-electron chi connectivity index (χ3n) is 4.59. The normalized spacial score (nSPS) is 22.5. The predicted molar refractivity (Wildman–Crippen MR) is 78.8 cm³/mol. The van der Waals surface area contributed by atoms with Gasteiger partial charge in [-0.05, 0) is 18.2 Å². The third-order valence-corrected chi connectivity index (χ3v) is 4.59. The minimum atomic E-state index is -0.221. The number of hydrogen-bond acceptors (Lipinski definition) is 6. The number of fused-ring (bicyclic) bond motifs is 7. The van der Waals surface area contributed by atoms with Crippen molar-refractivity contribution < 1.29 is 28.8 Å². The maximum Gasteiger partial charge on any atom is 0.231 e. The number of phenols is 1. The molecule has 0 unspecified atom stereocenters. The van der Waals surface area contributed by atoms with Gasteiger partial charge >= 0.3 is 0 Å². The van der Waals surface area contributed by atoms with Crippen molar-refractivity contribution in [2.24, 2.45) is 0 Å². The van der Waals surface area contributed by atoms with Gasteiger partial charge in [0, 0.05) is 11.1 Å². The van der Waals surface area contributed by atoms with Gasteiger partial charge in [-0.1, -0.05) is 6.07 Å². The minimum absolute atomic E-state index is 0.0228. The van der Waals surface area contributed by atoms with Gasteiger partial charge in [-0.25, -0.2) is 0 Å². The lowest BCUT2D eigenvalue weighted by molar-refractivity contribution is 0.129. The molecule has 0 aliphatic carbocycles. The van der Waals surface area contributed by atoms with Crippen molar-refractivity contribution in [1.82, 2.24) is 0 Å². The predicted octanol–water partition coefficient (Wildman–Crippen LogP) is 2.74. The molecule has 2 aromatic rings. The Morgan fingerprint density at radius 1 is 1.00 bits per heavy atom. The van der Waals surface area contributed by atoms with Gasteiger partial charge in [0.1, 0.15) is 6.10 Å². The van der Waals surface area contributed by atoms with Crippen molar-refractivity contribution in [2.45, 2.75) is 12.0 Å². The molecule has 23 heavy (non-hydrogen) atoms. The maximum absolute atomic E-state index is 10.3. The molecule has 6 nitrogen and oxygen atoms in total. The molecule has 0 fully saturated rings. The fraction of sp³-hybridized carbons (Fsp3) is 0.294. The molecule has 0 spiro atoms. The maximum atomic E-state index is 10.3. The van der Waals surface area contributed by atoms with Crippen LogP contribution in [0, 0.1) is 0 Å². The highest BCUT2D eigenvalue weighted by atomic mass is 16.7. The Morgan fingerprint density at radius 3 is 2.74 bits per heavy atom. The van der Waals surface area contributed by atoms with Crippen molar-refractivity contribution in [2.75, 3.05) is 20.5 Å². The van der Waals surface area contributed by atoms with Gasteiger partial charge in [-0.15, -0.1) is 0 Å². The summed E-state index contributed by atoms with van der Waals surface area (Å²) in [5.41, 5.74) is 1.83. The number of ether oxygens (including phenoxy) is 5. The minimum Gasteiger partial charge on any atom is -0.502 e. The first kappa shape index (κ1) is 12.8. The second-order valence-electron chi connectivity index (χ2n) is 5.71. The molecular weight excluding hydrogens is 300 g/mol. The Bertz CT molecular complexity index is 815. The van der Waals surface area contributed by atoms with Gasteiger partial charge in [0.15, 0.2) is 23.0 Å². The lowest BCUT2D eigenvalue weighted by Gasteiger charge is -2.28. The summed E-state index contributed by atoms with van der Waals surface area (Å²) in [5.74, 6) is 2.89. The first-order chi connectivity index (χ1) is 11.3. The molecule has 0 aromatic heterocycles. The lowest BCUT2D eigenvalue weighted by atomic mass is 9.89. The van der Waals surface area contributed by atoms with E-state index in [2.05, 4.69) is 0 Å². The number of rotatable bonds is 1. The van der Waals surface area contributed by atoms with E-state index in [1.807, 2.05) is 18.2 Å². The third kappa shape index (κ3) is 1.58. The van der Waals surface area contributed by atoms with E-state index in [1.165, 1.54) is 7.11 Å². The molecule has 0 radical (unpaired) electrons. The molecule has 1 N–H and O–H groups in total. The van der Waals surface area contributed by atoms with Crippen LogP contribution in [0.5, 0.6) is 34.5 Å². The van der Waals surface area contributed by atoms with Crippen LogP contribution in [0.2, 0.25) is 0 Å². The molecule has 2 atom stereocenters. The topological polar surface area (TPSA) is 66.4 Å². The fourth-order valence-corrected chi connectivity index (χ4v) is 3.49. The van der Waals surface area contributed by atoms with Crippen LogP contribution in [0.3, 0.4) is 0 Å². The highest BCUT2D eigenvalue weighted by Gasteiger charge is 2.44. The summed E-state index contributed by atoms with van der Waals surface area (Å²) in [7, 11) is 1.52. The summed E-state index contributed by atoms with van der Waals surface area (Å²) in [4.78, 5) is 0. The van der Waals surface area contributed by atoms with E-state index in [0.717, 1.165) is 11.1 Å². The number of aromatic hydroxyl groups is 1. The van der Waals surface area contributed by atoms with Gasteiger partial charge in [-0.3, -0.25) is 0 Å². The van der Waals surface area contributed by atoms with Crippen molar-refractivity contribution in [3.05, 3.63) is 35.4 Å². The van der Waals surface area contributed by atoms with E-state index in [1.54, 1.807) is 6.07 Å². The van der Waals surface area contributed by atoms with Gasteiger partial charge in [0.25, 0.3) is 0 Å². The van der Waals surface area contributed by atoms with Gasteiger partial charge in [0.05, 0.1) is 19.6 Å². The average Bonchev–Trinajstić information content (AvgIpc) is 3.19. The number of hydrogen-bond donors (Lipinski definition) is 1. The number of benzene rings is 2. The molecule has 2 aromatic carbocycles. The average molecular weight is 314 g/mol. The molecule has 0 saturated heterocycles. The van der Waals surface area contributed by atoms with E-state index in [-0.39, 0.29) is 24.6 Å². The summed E-state index contributed by atoms with van der Waals surface area (Å²) in [5, 5.41) is 10.3. The highest BCUT2D eigenvalue weighted by molar-refractivity contribution is 5.63. The highest BCUT2D eigenvalue weighted by Crippen LogP contribution is 2.58. The number of methoxy groups -OCH3 is 1. The van der Waals surface area contributed by atoms with Crippen LogP contribution in [0.4, 0.5) is 0 Å². The summed E-state index contributed by atoms with van der Waals surface area (Å²) >= 11 is 0. The molecule has 0 bridgehead atoms. The van der Waals surface area contributed by atoms with Crippen LogP contribution >= 0.6 is 0 Å². The monoisotopic (exact) mass is 314 g/mol. The number of phenolic OH excluding ortho intramolecular Hbond substituents is 1. The van der Waals surface area contributed by atoms with Crippen molar-refractivity contribution in [3.63, 3.8) is 0 Å². The van der Waals surface area contributed by atoms with Crippen LogP contribution in [0.1, 0.15) is 23.1 Å². The molecule has 3 aliphatic rings. The summed E-state index contributed by atoms with van der Waals surface area (Å²) in [6, 6.07) is 7.45. The largest absolute Gasteiger partial charge is 0.502 e. The molecule has 3 heterocycles. The van der Waals surface area contributed by atoms with Crippen LogP contribution in [-0.2, 0) is 0 Å². The second kappa shape index (κ2) is 4.38. The Kier molecular flexibility index (Phi) is 2.43. The van der Waals surface area contributed by atoms with Gasteiger partial charge in [0.2, 0.25) is 18.3 Å². The SMILES string of the molecule is COc1ccc2c(c1O)O[C@@H]1c3ccc4c(c3OC[C@H]21)OCO4. The zero-order chi connectivity index (χ0) is 15.6. The van der Waals surface area contributed by atoms with E-state index < -0.39 is 0 Å². The molecule has 6 heteroatoms. The molecule has 0 saturated carbocycles. The van der Waals surface area contributed by atoms with Crippen molar-refractivity contribution in [1.29, 1.82) is 0 Å². The van der Waals surface area contributed by atoms with E-state index in [9.17, 15) is 5.11 Å². The van der Waals surface area contributed by atoms with E-state index in [0.29, 0.717) is 35.4 Å². The smallest absolute Gasteiger partial charge is 0.231 e. The Balaban J connectivity index is 1.62. The summed E-state index contributed by atoms with van der Waals surface area (Å²) in [6.45, 7) is 0.651. The first-order valence-electron chi connectivity index (χ1n) is 7.39. The van der Waals surface area contributed by atoms with Crippen LogP contribution in [0.15, 0.2) is 24.3 Å². The van der Waals surface area contributed by atoms with Crippen LogP contribution in [0.25, 0.3) is 0 Å². The molecule has 0 amide bonds. The lowest BCUT2D eigenvalue weighted by Crippen LogP contribution is -2.23. The van der Waals surface area contributed by atoms with Crippen LogP contribution < -0.4 is 23.7 Å². The van der Waals surface area contributed by atoms with Crippen molar-refractivity contribution in [3.8, 4) is 34.5 Å². The molecule has 5 rings (SSSR count). The molecule has 118 valence electrons. The van der Waals surface area contributed by atoms with E-state index >= 15 is 0 Å². The summed E-state index contributed by atoms with van der Waals surface area (Å²) in [6.07, 6.45) is -0.221. The summed E-state index contributed by atoms with van der Waals surface area (Å²) < 4.78 is 28.1. The zero-order valence-electron chi connectivity index (χ0n) is 12.4. The van der Waals surface area contributed by atoms with Gasteiger partial charge < -0.3 is 28.8 Å². The zero-order valence-corrected chi connectivity index (χ0v) is 12.4. The van der Waals surface area contributed by atoms with E-state index in [4.69, 9.17) is 23.7 Å². The van der Waals surface area contributed by atoms with Gasteiger partial charge in [-0.2, -0.15) is 0 Å².